The van der Waals surface area contributed by atoms with E-state index in [0.717, 1.165) is 29.5 Å². The minimum absolute atomic E-state index is 0.0189. The van der Waals surface area contributed by atoms with Crippen molar-refractivity contribution in [2.24, 2.45) is 23.2 Å². The van der Waals surface area contributed by atoms with Gasteiger partial charge in [-0.2, -0.15) is 0 Å². The Balaban J connectivity index is 0.000000839. The number of carbonyl (C=O) groups excluding carboxylic acids is 2. The summed E-state index contributed by atoms with van der Waals surface area (Å²) in [5, 5.41) is 9.14. The van der Waals surface area contributed by atoms with E-state index in [0.29, 0.717) is 55.0 Å². The first-order valence-electron chi connectivity index (χ1n) is 20.7. The van der Waals surface area contributed by atoms with E-state index in [2.05, 4.69) is 37.8 Å². The molecule has 3 aromatic carbocycles. The fourth-order valence-corrected chi connectivity index (χ4v) is 8.51. The van der Waals surface area contributed by atoms with Gasteiger partial charge in [0.15, 0.2) is 0 Å². The van der Waals surface area contributed by atoms with E-state index in [-0.39, 0.29) is 37.9 Å². The van der Waals surface area contributed by atoms with Crippen LogP contribution in [0.3, 0.4) is 0 Å². The van der Waals surface area contributed by atoms with E-state index >= 15 is 0 Å². The van der Waals surface area contributed by atoms with Crippen LogP contribution in [0.2, 0.25) is 0 Å². The lowest BCUT2D eigenvalue weighted by atomic mass is 9.77. The van der Waals surface area contributed by atoms with Crippen molar-refractivity contribution in [2.45, 2.75) is 64.9 Å². The lowest BCUT2D eigenvalue weighted by Gasteiger charge is -2.45. The van der Waals surface area contributed by atoms with Crippen molar-refractivity contribution in [2.75, 3.05) is 67.3 Å². The molecular formula is C47H62N2O9. The average molecular weight is 799 g/mol. The molecule has 1 heterocycles. The Morgan fingerprint density at radius 1 is 0.707 bits per heavy atom. The molecule has 0 aromatic heterocycles. The zero-order chi connectivity index (χ0) is 41.7. The first-order valence-corrected chi connectivity index (χ1v) is 20.7. The number of likely N-dealkylation sites (tertiary alicyclic amines) is 1. The predicted octanol–water partition coefficient (Wildman–Crippen LogP) is 7.60. The fraction of sp³-hybridized carbons (Fsp3) is 0.511. The molecule has 2 aliphatic carbocycles. The van der Waals surface area contributed by atoms with Gasteiger partial charge in [0.25, 0.3) is 0 Å². The molecule has 11 heteroatoms. The predicted molar refractivity (Wildman–Crippen MR) is 223 cm³/mol. The number of ether oxygens (including phenoxy) is 5. The van der Waals surface area contributed by atoms with Gasteiger partial charge in [-0.1, -0.05) is 69.3 Å². The van der Waals surface area contributed by atoms with Gasteiger partial charge in [0.1, 0.15) is 22.8 Å². The number of amides is 1. The summed E-state index contributed by atoms with van der Waals surface area (Å²) >= 11 is 0. The number of rotatable bonds is 18. The highest BCUT2D eigenvalue weighted by Crippen LogP contribution is 2.47. The number of benzene rings is 3. The first-order chi connectivity index (χ1) is 28.0. The van der Waals surface area contributed by atoms with Gasteiger partial charge >= 0.3 is 11.9 Å². The summed E-state index contributed by atoms with van der Waals surface area (Å²) in [6.45, 7) is 11.4. The molecule has 1 saturated heterocycles. The lowest BCUT2D eigenvalue weighted by molar-refractivity contribution is -0.157. The molecule has 1 saturated carbocycles. The van der Waals surface area contributed by atoms with Crippen LogP contribution in [-0.4, -0.2) is 100 Å². The summed E-state index contributed by atoms with van der Waals surface area (Å²) in [5.41, 5.74) is 0.770. The van der Waals surface area contributed by atoms with E-state index < -0.39 is 23.0 Å². The summed E-state index contributed by atoms with van der Waals surface area (Å²) in [7, 11) is 4.87. The van der Waals surface area contributed by atoms with Crippen molar-refractivity contribution in [3.63, 3.8) is 0 Å². The Hall–Kier alpha value is -4.87. The zero-order valence-electron chi connectivity index (χ0n) is 35.1. The van der Waals surface area contributed by atoms with Gasteiger partial charge in [-0.15, -0.1) is 0 Å². The fourth-order valence-electron chi connectivity index (χ4n) is 8.51. The van der Waals surface area contributed by atoms with Crippen LogP contribution in [0.25, 0.3) is 0 Å². The molecule has 1 N–H and O–H groups in total. The van der Waals surface area contributed by atoms with Crippen LogP contribution >= 0.6 is 0 Å². The number of methoxy groups -OCH3 is 3. The second kappa shape index (κ2) is 20.7. The van der Waals surface area contributed by atoms with Gasteiger partial charge in [0.2, 0.25) is 5.91 Å². The Labute approximate surface area is 344 Å². The molecule has 314 valence electrons. The minimum Gasteiger partial charge on any atom is -0.497 e. The smallest absolute Gasteiger partial charge is 0.306 e. The number of nitrogens with zero attached hydrogens (tertiary/aromatic N) is 2. The van der Waals surface area contributed by atoms with Crippen molar-refractivity contribution in [1.82, 2.24) is 9.80 Å². The summed E-state index contributed by atoms with van der Waals surface area (Å²) in [4.78, 5) is 42.0. The third-order valence-electron chi connectivity index (χ3n) is 12.2. The third-order valence-corrected chi connectivity index (χ3v) is 12.2. The van der Waals surface area contributed by atoms with Gasteiger partial charge < -0.3 is 38.6 Å². The maximum atomic E-state index is 13.7. The third kappa shape index (κ3) is 10.6. The zero-order valence-corrected chi connectivity index (χ0v) is 35.1. The monoisotopic (exact) mass is 798 g/mol. The van der Waals surface area contributed by atoms with Crippen molar-refractivity contribution in [3.05, 3.63) is 102 Å². The van der Waals surface area contributed by atoms with Crippen molar-refractivity contribution < 1.29 is 43.2 Å². The molecule has 0 spiro atoms. The van der Waals surface area contributed by atoms with Crippen LogP contribution in [0.5, 0.6) is 17.2 Å². The lowest BCUT2D eigenvalue weighted by Crippen LogP contribution is -2.50. The molecule has 1 amide bonds. The molecule has 3 aromatic rings. The maximum absolute atomic E-state index is 13.7. The number of fused-ring (bicyclic) bond motifs is 2. The molecule has 3 atom stereocenters. The number of aliphatic carboxylic acids is 1. The Kier molecular flexibility index (Phi) is 15.8. The number of carbonyl (C=O) groups is 3. The highest BCUT2D eigenvalue weighted by molar-refractivity contribution is 5.80. The largest absolute Gasteiger partial charge is 0.497 e. The number of allylic oxidation sites excluding steroid dienone is 2. The number of piperidine rings is 1. The Morgan fingerprint density at radius 2 is 1.19 bits per heavy atom. The first kappa shape index (κ1) is 44.2. The Bertz CT molecular complexity index is 1680. The number of hydrogen-bond acceptors (Lipinski definition) is 9. The maximum Gasteiger partial charge on any atom is 0.306 e. The van der Waals surface area contributed by atoms with Crippen LogP contribution in [-0.2, 0) is 29.5 Å². The standard InChI is InChI=1S/C41H47NO9.C6H15N/c1-47-33-12-6-30(7-13-33)41(31-8-14-34(48-2)15-9-31,32-10-16-35(49-3)17-11-32)51-27-40(26-50-38(45)19-18-37(43)44)20-22-42(23-21-40)39(46)36-25-28-4-5-29(36)24-28;1-4-7(5-2)6-3/h4-17,28-29,36H,18-27H2,1-3H3,(H,43,44);4-6H2,1-3H3. The second-order valence-corrected chi connectivity index (χ2v) is 15.5. The van der Waals surface area contributed by atoms with Gasteiger partial charge in [0.05, 0.1) is 47.4 Å². The molecular weight excluding hydrogens is 737 g/mol. The topological polar surface area (TPSA) is 124 Å². The molecule has 6 rings (SSSR count). The SMILES string of the molecule is CCN(CC)CC.COc1ccc(C(OCC2(COC(=O)CCC(=O)O)CCN(C(=O)C3CC4C=CC3C4)CC2)(c2ccc(OC)cc2)c2ccc(OC)cc2)cc1. The van der Waals surface area contributed by atoms with E-state index in [1.807, 2.05) is 77.7 Å². The number of carboxylic acid groups (broad SMARTS) is 1. The summed E-state index contributed by atoms with van der Waals surface area (Å²) in [6, 6.07) is 23.3. The molecule has 2 fully saturated rings. The molecule has 1 aliphatic heterocycles. The Morgan fingerprint density at radius 3 is 1.55 bits per heavy atom. The molecule has 2 bridgehead atoms. The van der Waals surface area contributed by atoms with Crippen LogP contribution in [0.15, 0.2) is 84.9 Å². The van der Waals surface area contributed by atoms with Crippen LogP contribution in [0.4, 0.5) is 0 Å². The second-order valence-electron chi connectivity index (χ2n) is 15.5. The average Bonchev–Trinajstić information content (AvgIpc) is 3.91. The number of hydrogen-bond donors (Lipinski definition) is 1. The van der Waals surface area contributed by atoms with Crippen molar-refractivity contribution in [3.8, 4) is 17.2 Å². The van der Waals surface area contributed by atoms with E-state index in [1.54, 1.807) is 21.3 Å². The van der Waals surface area contributed by atoms with E-state index in [4.69, 9.17) is 28.8 Å². The number of carboxylic acids is 1. The quantitative estimate of drug-likeness (QED) is 0.0782. The molecule has 0 radical (unpaired) electrons. The van der Waals surface area contributed by atoms with Crippen LogP contribution < -0.4 is 14.2 Å². The molecule has 58 heavy (non-hydrogen) atoms. The summed E-state index contributed by atoms with van der Waals surface area (Å²) < 4.78 is 29.6. The van der Waals surface area contributed by atoms with E-state index in [9.17, 15) is 14.4 Å². The van der Waals surface area contributed by atoms with Crippen LogP contribution in [0.1, 0.15) is 76.0 Å². The highest BCUT2D eigenvalue weighted by atomic mass is 16.5. The summed E-state index contributed by atoms with van der Waals surface area (Å²) in [6.07, 6.45) is 6.97. The van der Waals surface area contributed by atoms with Crippen molar-refractivity contribution >= 4 is 17.8 Å². The van der Waals surface area contributed by atoms with Crippen LogP contribution in [0, 0.1) is 23.2 Å². The summed E-state index contributed by atoms with van der Waals surface area (Å²) in [5.74, 6) is 1.49. The van der Waals surface area contributed by atoms with Gasteiger partial charge in [-0.25, -0.2) is 0 Å². The molecule has 11 nitrogen and oxygen atoms in total. The van der Waals surface area contributed by atoms with Gasteiger partial charge in [-0.05, 0) is 110 Å². The highest BCUT2D eigenvalue weighted by Gasteiger charge is 2.46. The normalized spacial score (nSPS) is 19.3. The number of esters is 1. The van der Waals surface area contributed by atoms with Crippen molar-refractivity contribution in [1.29, 1.82) is 0 Å². The molecule has 3 aliphatic rings. The molecule has 3 unspecified atom stereocenters. The van der Waals surface area contributed by atoms with Gasteiger partial charge in [-0.3, -0.25) is 14.4 Å². The van der Waals surface area contributed by atoms with Gasteiger partial charge in [0, 0.05) is 24.4 Å². The van der Waals surface area contributed by atoms with E-state index in [1.165, 1.54) is 19.6 Å². The minimum atomic E-state index is -1.13.